The molecule has 92 valence electrons. The molecule has 3 nitrogen and oxygen atoms in total. The lowest BCUT2D eigenvalue weighted by Gasteiger charge is -2.25. The number of nitrogens with one attached hydrogen (secondary N) is 1. The molecule has 3 heteroatoms. The number of nitrogens with two attached hydrogens (primary N) is 1. The van der Waals surface area contributed by atoms with Crippen LogP contribution >= 0.6 is 0 Å². The lowest BCUT2D eigenvalue weighted by Crippen LogP contribution is -2.41. The van der Waals surface area contributed by atoms with Crippen LogP contribution in [0.25, 0.3) is 0 Å². The molecule has 0 saturated heterocycles. The molecule has 0 aromatic carbocycles. The van der Waals surface area contributed by atoms with Gasteiger partial charge in [0.1, 0.15) is 0 Å². The molecule has 0 aliphatic carbocycles. The number of hydrogen-bond acceptors (Lipinski definition) is 3. The minimum atomic E-state index is -0.0803. The van der Waals surface area contributed by atoms with Crippen LogP contribution in [0, 0.1) is 5.92 Å². The van der Waals surface area contributed by atoms with E-state index in [-0.39, 0.29) is 11.6 Å². The fourth-order valence-electron chi connectivity index (χ4n) is 1.63. The Morgan fingerprint density at radius 1 is 1.33 bits per heavy atom. The molecule has 0 rings (SSSR count). The maximum absolute atomic E-state index is 5.72. The summed E-state index contributed by atoms with van der Waals surface area (Å²) in [7, 11) is 0. The van der Waals surface area contributed by atoms with Gasteiger partial charge in [-0.15, -0.1) is 0 Å². The quantitative estimate of drug-likeness (QED) is 0.507. The first-order valence-corrected chi connectivity index (χ1v) is 5.99. The van der Waals surface area contributed by atoms with Crippen molar-refractivity contribution in [1.82, 2.24) is 5.43 Å². The van der Waals surface area contributed by atoms with Crippen LogP contribution < -0.4 is 11.3 Å². The Labute approximate surface area is 94.7 Å². The maximum atomic E-state index is 5.72. The van der Waals surface area contributed by atoms with E-state index in [0.29, 0.717) is 12.5 Å². The first-order valence-electron chi connectivity index (χ1n) is 5.99. The summed E-state index contributed by atoms with van der Waals surface area (Å²) >= 11 is 0. The van der Waals surface area contributed by atoms with Gasteiger partial charge in [0, 0.05) is 6.04 Å². The van der Waals surface area contributed by atoms with E-state index in [1.807, 2.05) is 0 Å². The van der Waals surface area contributed by atoms with E-state index in [1.165, 1.54) is 12.8 Å². The first-order chi connectivity index (χ1) is 6.89. The van der Waals surface area contributed by atoms with Gasteiger partial charge in [0.15, 0.2) is 0 Å². The van der Waals surface area contributed by atoms with Crippen molar-refractivity contribution in [2.75, 3.05) is 6.61 Å². The van der Waals surface area contributed by atoms with Gasteiger partial charge in [0.2, 0.25) is 0 Å². The molecule has 0 radical (unpaired) electrons. The smallest absolute Gasteiger partial charge is 0.0640 e. The monoisotopic (exact) mass is 216 g/mol. The zero-order chi connectivity index (χ0) is 11.9. The molecular weight excluding hydrogens is 188 g/mol. The second-order valence-electron chi connectivity index (χ2n) is 5.42. The Morgan fingerprint density at radius 2 is 1.93 bits per heavy atom. The highest BCUT2D eigenvalue weighted by molar-refractivity contribution is 4.69. The summed E-state index contributed by atoms with van der Waals surface area (Å²) in [5, 5.41) is 0. The predicted molar refractivity (Wildman–Crippen MR) is 65.5 cm³/mol. The molecule has 2 atom stereocenters. The fraction of sp³-hybridized carbons (Fsp3) is 1.00. The highest BCUT2D eigenvalue weighted by Crippen LogP contribution is 2.14. The molecule has 0 spiro atoms. The summed E-state index contributed by atoms with van der Waals surface area (Å²) in [6.45, 7) is 11.4. The Kier molecular flexibility index (Phi) is 7.14. The largest absolute Gasteiger partial charge is 0.374 e. The Morgan fingerprint density at radius 3 is 2.33 bits per heavy atom. The molecule has 0 heterocycles. The third kappa shape index (κ3) is 8.85. The Balaban J connectivity index is 3.82. The number of hydrogen-bond donors (Lipinski definition) is 2. The molecule has 15 heavy (non-hydrogen) atoms. The molecule has 0 aromatic heterocycles. The van der Waals surface area contributed by atoms with Crippen molar-refractivity contribution in [2.45, 2.75) is 65.5 Å². The van der Waals surface area contributed by atoms with Gasteiger partial charge in [-0.1, -0.05) is 26.7 Å². The van der Waals surface area contributed by atoms with Crippen molar-refractivity contribution in [3.63, 3.8) is 0 Å². The zero-order valence-electron chi connectivity index (χ0n) is 11.0. The van der Waals surface area contributed by atoms with Crippen molar-refractivity contribution in [3.05, 3.63) is 0 Å². The highest BCUT2D eigenvalue weighted by atomic mass is 16.5. The second kappa shape index (κ2) is 7.20. The zero-order valence-corrected chi connectivity index (χ0v) is 11.0. The van der Waals surface area contributed by atoms with Crippen LogP contribution in [-0.2, 0) is 4.74 Å². The molecule has 0 saturated carbocycles. The highest BCUT2D eigenvalue weighted by Gasteiger charge is 2.16. The topological polar surface area (TPSA) is 47.3 Å². The van der Waals surface area contributed by atoms with Gasteiger partial charge >= 0.3 is 0 Å². The van der Waals surface area contributed by atoms with Gasteiger partial charge in [-0.3, -0.25) is 11.3 Å². The van der Waals surface area contributed by atoms with Gasteiger partial charge in [0.25, 0.3) is 0 Å². The molecule has 0 aromatic rings. The van der Waals surface area contributed by atoms with E-state index in [9.17, 15) is 0 Å². The Hall–Kier alpha value is -0.120. The third-order valence-electron chi connectivity index (χ3n) is 2.42. The summed E-state index contributed by atoms with van der Waals surface area (Å²) in [5.41, 5.74) is 2.76. The minimum absolute atomic E-state index is 0.0803. The third-order valence-corrected chi connectivity index (χ3v) is 2.42. The maximum Gasteiger partial charge on any atom is 0.0640 e. The fourth-order valence-corrected chi connectivity index (χ4v) is 1.63. The van der Waals surface area contributed by atoms with Crippen LogP contribution in [0.1, 0.15) is 53.9 Å². The van der Waals surface area contributed by atoms with Crippen LogP contribution in [0.5, 0.6) is 0 Å². The molecule has 2 unspecified atom stereocenters. The van der Waals surface area contributed by atoms with E-state index in [2.05, 4.69) is 40.0 Å². The van der Waals surface area contributed by atoms with Crippen molar-refractivity contribution in [3.8, 4) is 0 Å². The molecule has 0 fully saturated rings. The summed E-state index contributed by atoms with van der Waals surface area (Å²) in [4.78, 5) is 0. The number of ether oxygens (including phenoxy) is 1. The molecule has 3 N–H and O–H groups in total. The summed E-state index contributed by atoms with van der Waals surface area (Å²) < 4.78 is 5.72. The molecule has 0 bridgehead atoms. The van der Waals surface area contributed by atoms with Crippen molar-refractivity contribution in [2.24, 2.45) is 11.8 Å². The van der Waals surface area contributed by atoms with Crippen LogP contribution in [0.3, 0.4) is 0 Å². The van der Waals surface area contributed by atoms with Gasteiger partial charge in [-0.25, -0.2) is 0 Å². The normalized spacial score (nSPS) is 16.4. The van der Waals surface area contributed by atoms with Crippen LogP contribution in [0.2, 0.25) is 0 Å². The predicted octanol–water partition coefficient (Wildman–Crippen LogP) is 2.46. The van der Waals surface area contributed by atoms with E-state index in [0.717, 1.165) is 6.42 Å². The van der Waals surface area contributed by atoms with Crippen molar-refractivity contribution >= 4 is 0 Å². The first kappa shape index (κ1) is 14.9. The average molecular weight is 216 g/mol. The Bertz CT molecular complexity index is 154. The molecule has 0 aliphatic heterocycles. The van der Waals surface area contributed by atoms with Crippen LogP contribution in [-0.4, -0.2) is 18.2 Å². The number of hydrazine groups is 1. The van der Waals surface area contributed by atoms with Gasteiger partial charge in [0.05, 0.1) is 12.2 Å². The SMILES string of the molecule is CCCC(C)CC(COC(C)(C)C)NN. The van der Waals surface area contributed by atoms with Gasteiger partial charge in [-0.2, -0.15) is 0 Å². The molecule has 0 amide bonds. The summed E-state index contributed by atoms with van der Waals surface area (Å²) in [6.07, 6.45) is 3.58. The second-order valence-corrected chi connectivity index (χ2v) is 5.42. The summed E-state index contributed by atoms with van der Waals surface area (Å²) in [6, 6.07) is 0.269. The average Bonchev–Trinajstić information content (AvgIpc) is 2.11. The standard InChI is InChI=1S/C12H28N2O/c1-6-7-10(2)8-11(14-13)9-15-12(3,4)5/h10-11,14H,6-9,13H2,1-5H3. The summed E-state index contributed by atoms with van der Waals surface area (Å²) in [5.74, 6) is 6.22. The van der Waals surface area contributed by atoms with E-state index >= 15 is 0 Å². The lowest BCUT2D eigenvalue weighted by molar-refractivity contribution is -0.0171. The van der Waals surface area contributed by atoms with Crippen LogP contribution in [0.4, 0.5) is 0 Å². The lowest BCUT2D eigenvalue weighted by atomic mass is 9.98. The van der Waals surface area contributed by atoms with Crippen LogP contribution in [0.15, 0.2) is 0 Å². The van der Waals surface area contributed by atoms with E-state index in [1.54, 1.807) is 0 Å². The van der Waals surface area contributed by atoms with Crippen molar-refractivity contribution in [1.29, 1.82) is 0 Å². The van der Waals surface area contributed by atoms with E-state index in [4.69, 9.17) is 10.6 Å². The molecular formula is C12H28N2O. The minimum Gasteiger partial charge on any atom is -0.374 e. The molecule has 0 aliphatic rings. The number of rotatable bonds is 7. The van der Waals surface area contributed by atoms with E-state index < -0.39 is 0 Å². The van der Waals surface area contributed by atoms with Gasteiger partial charge < -0.3 is 4.74 Å². The van der Waals surface area contributed by atoms with Gasteiger partial charge in [-0.05, 0) is 33.1 Å². The van der Waals surface area contributed by atoms with Crippen molar-refractivity contribution < 1.29 is 4.74 Å².